The number of para-hydroxylation sites is 1. The van der Waals surface area contributed by atoms with Gasteiger partial charge in [0.05, 0.1) is 16.2 Å². The summed E-state index contributed by atoms with van der Waals surface area (Å²) in [6.07, 6.45) is -1.60. The van der Waals surface area contributed by atoms with Crippen LogP contribution in [0.2, 0.25) is 5.02 Å². The second-order valence-electron chi connectivity index (χ2n) is 7.82. The summed E-state index contributed by atoms with van der Waals surface area (Å²) in [5.41, 5.74) is 5.10. The van der Waals surface area contributed by atoms with Gasteiger partial charge in [-0.1, -0.05) is 60.1 Å². The van der Waals surface area contributed by atoms with Crippen LogP contribution in [0.25, 0.3) is 33.5 Å². The number of ether oxygens (including phenoxy) is 1. The number of aromatic nitrogens is 3. The molecule has 0 atom stereocenters. The quantitative estimate of drug-likeness (QED) is 0.242. The van der Waals surface area contributed by atoms with Crippen LogP contribution in [0.5, 0.6) is 17.5 Å². The maximum atomic E-state index is 10.1. The molecule has 0 aliphatic heterocycles. The van der Waals surface area contributed by atoms with Crippen LogP contribution in [0.15, 0.2) is 72.8 Å². The smallest absolute Gasteiger partial charge is 0.301 e. The summed E-state index contributed by atoms with van der Waals surface area (Å²) in [7, 11) is 0. The van der Waals surface area contributed by atoms with E-state index in [1.165, 1.54) is 0 Å². The molecule has 0 amide bonds. The monoisotopic (exact) mass is 473 g/mol. The number of aliphatic hydroxyl groups excluding tert-OH is 1. The van der Waals surface area contributed by atoms with Crippen molar-refractivity contribution in [2.24, 2.45) is 0 Å². The highest BCUT2D eigenvalue weighted by Gasteiger charge is 2.14. The van der Waals surface area contributed by atoms with Crippen molar-refractivity contribution in [2.75, 3.05) is 0 Å². The lowest BCUT2D eigenvalue weighted by Crippen LogP contribution is -1.98. The lowest BCUT2D eigenvalue weighted by molar-refractivity contribution is -0.0430. The molecule has 4 N–H and O–H groups in total. The number of hydrogen-bond acceptors (Lipinski definition) is 6. The van der Waals surface area contributed by atoms with Gasteiger partial charge in [0.25, 0.3) is 0 Å². The van der Waals surface area contributed by atoms with Crippen LogP contribution in [-0.2, 0) is 0 Å². The number of H-pyrrole nitrogens is 1. The summed E-state index contributed by atoms with van der Waals surface area (Å²) in [6.45, 7) is 1.78. The number of aromatic amines is 1. The molecule has 5 aromatic rings. The molecule has 170 valence electrons. The Morgan fingerprint density at radius 1 is 0.912 bits per heavy atom. The number of aryl methyl sites for hydroxylation is 1. The predicted molar refractivity (Wildman–Crippen MR) is 130 cm³/mol. The number of fused-ring (bicyclic) bond motifs is 1. The third-order valence-corrected chi connectivity index (χ3v) is 5.81. The highest BCUT2D eigenvalue weighted by atomic mass is 35.5. The molecular weight excluding hydrogens is 454 g/mol. The molecule has 5 rings (SSSR count). The summed E-state index contributed by atoms with van der Waals surface area (Å²) in [6, 6.07) is 21.7. The van der Waals surface area contributed by atoms with Crippen molar-refractivity contribution in [3.05, 3.63) is 88.9 Å². The van der Waals surface area contributed by atoms with Crippen molar-refractivity contribution >= 4 is 22.8 Å². The predicted octanol–water partition coefficient (Wildman–Crippen LogP) is 5.73. The molecule has 0 bridgehead atoms. The lowest BCUT2D eigenvalue weighted by atomic mass is 10.0. The second kappa shape index (κ2) is 8.79. The first kappa shape index (κ1) is 21.9. The van der Waals surface area contributed by atoms with E-state index in [4.69, 9.17) is 16.3 Å². The number of hydrogen-bond donors (Lipinski definition) is 4. The average molecular weight is 474 g/mol. The van der Waals surface area contributed by atoms with Gasteiger partial charge in [-0.3, -0.25) is 0 Å². The first-order valence-electron chi connectivity index (χ1n) is 10.5. The zero-order chi connectivity index (χ0) is 23.8. The van der Waals surface area contributed by atoms with Gasteiger partial charge in [0.15, 0.2) is 11.9 Å². The van der Waals surface area contributed by atoms with Crippen molar-refractivity contribution < 1.29 is 20.1 Å². The van der Waals surface area contributed by atoms with E-state index in [0.717, 1.165) is 22.3 Å². The van der Waals surface area contributed by atoms with Gasteiger partial charge in [-0.15, -0.1) is 0 Å². The molecule has 0 fully saturated rings. The van der Waals surface area contributed by atoms with Gasteiger partial charge in [-0.25, -0.2) is 4.98 Å². The van der Waals surface area contributed by atoms with Gasteiger partial charge < -0.3 is 25.0 Å². The number of aliphatic hydroxyl groups is 2. The second-order valence-corrected chi connectivity index (χ2v) is 8.23. The topological polar surface area (TPSA) is 111 Å². The number of imidazole rings is 1. The first-order valence-corrected chi connectivity index (χ1v) is 10.9. The van der Waals surface area contributed by atoms with Crippen LogP contribution in [0.4, 0.5) is 0 Å². The summed E-state index contributed by atoms with van der Waals surface area (Å²) in [5.74, 6) is 0.616. The fraction of sp³-hybridized carbons (Fsp3) is 0.0769. The van der Waals surface area contributed by atoms with E-state index < -0.39 is 6.29 Å². The van der Waals surface area contributed by atoms with Crippen molar-refractivity contribution in [1.82, 2.24) is 15.0 Å². The van der Waals surface area contributed by atoms with Crippen LogP contribution in [-0.4, -0.2) is 30.3 Å². The summed E-state index contributed by atoms with van der Waals surface area (Å²) >= 11 is 6.52. The fourth-order valence-corrected chi connectivity index (χ4v) is 4.00. The molecule has 0 spiro atoms. The number of halogens is 1. The third kappa shape index (κ3) is 4.20. The number of benzene rings is 3. The van der Waals surface area contributed by atoms with Crippen LogP contribution in [0.3, 0.4) is 0 Å². The van der Waals surface area contributed by atoms with Crippen molar-refractivity contribution in [3.63, 3.8) is 0 Å². The molecule has 2 heterocycles. The highest BCUT2D eigenvalue weighted by molar-refractivity contribution is 6.33. The minimum atomic E-state index is -1.60. The molecule has 34 heavy (non-hydrogen) atoms. The summed E-state index contributed by atoms with van der Waals surface area (Å²) < 4.78 is 5.77. The Hall–Kier alpha value is -3.91. The molecule has 0 saturated heterocycles. The molecule has 3 aromatic carbocycles. The Balaban J connectivity index is 1.45. The third-order valence-electron chi connectivity index (χ3n) is 5.52. The molecule has 0 unspecified atom stereocenters. The van der Waals surface area contributed by atoms with Crippen LogP contribution in [0, 0.1) is 6.92 Å². The van der Waals surface area contributed by atoms with E-state index in [-0.39, 0.29) is 11.8 Å². The van der Waals surface area contributed by atoms with Gasteiger partial charge in [0, 0.05) is 16.7 Å². The molecule has 2 aromatic heterocycles. The molecule has 0 radical (unpaired) electrons. The van der Waals surface area contributed by atoms with Gasteiger partial charge in [0.1, 0.15) is 11.5 Å². The van der Waals surface area contributed by atoms with E-state index in [0.29, 0.717) is 33.2 Å². The standard InChI is InChI=1S/C26H20ClN3O4/c1-14-6-11-17(12-19(14)25(32)33)34-26-28-21-13-20(27)23(29-24(21)30-26)16-9-7-15(8-10-16)18-4-2-3-5-22(18)31/h2-13,25,31-33H,1H3,(H,28,29,30). The fourth-order valence-electron chi connectivity index (χ4n) is 3.74. The number of nitrogens with zero attached hydrogens (tertiary/aromatic N) is 2. The normalized spacial score (nSPS) is 11.3. The van der Waals surface area contributed by atoms with Gasteiger partial charge in [-0.05, 0) is 42.3 Å². The van der Waals surface area contributed by atoms with Crippen LogP contribution >= 0.6 is 11.6 Å². The molecular formula is C26H20ClN3O4. The first-order chi connectivity index (χ1) is 16.4. The van der Waals surface area contributed by atoms with Gasteiger partial charge in [-0.2, -0.15) is 4.98 Å². The number of phenols is 1. The van der Waals surface area contributed by atoms with Crippen LogP contribution in [0.1, 0.15) is 17.4 Å². The minimum absolute atomic E-state index is 0.202. The van der Waals surface area contributed by atoms with E-state index in [1.807, 2.05) is 36.4 Å². The lowest BCUT2D eigenvalue weighted by Gasteiger charge is -2.10. The maximum Gasteiger partial charge on any atom is 0.301 e. The van der Waals surface area contributed by atoms with E-state index >= 15 is 0 Å². The Bertz CT molecular complexity index is 1500. The van der Waals surface area contributed by atoms with Crippen molar-refractivity contribution in [1.29, 1.82) is 0 Å². The highest BCUT2D eigenvalue weighted by Crippen LogP contribution is 2.34. The van der Waals surface area contributed by atoms with E-state index in [1.54, 1.807) is 43.3 Å². The molecule has 0 saturated carbocycles. The van der Waals surface area contributed by atoms with Crippen molar-refractivity contribution in [3.8, 4) is 39.9 Å². The molecule has 8 heteroatoms. The summed E-state index contributed by atoms with van der Waals surface area (Å²) in [5, 5.41) is 29.6. The SMILES string of the molecule is Cc1ccc(Oc2nc3nc(-c4ccc(-c5ccccc5O)cc4)c(Cl)cc3[nH]2)cc1C(O)O. The van der Waals surface area contributed by atoms with Gasteiger partial charge in [0.2, 0.25) is 0 Å². The zero-order valence-corrected chi connectivity index (χ0v) is 18.8. The van der Waals surface area contributed by atoms with Crippen LogP contribution < -0.4 is 4.74 Å². The number of pyridine rings is 1. The Morgan fingerprint density at radius 2 is 1.65 bits per heavy atom. The number of nitrogens with one attached hydrogen (secondary N) is 1. The number of aromatic hydroxyl groups is 1. The maximum absolute atomic E-state index is 10.1. The van der Waals surface area contributed by atoms with E-state index in [2.05, 4.69) is 15.0 Å². The number of rotatable bonds is 5. The average Bonchev–Trinajstić information content (AvgIpc) is 3.21. The number of phenolic OH excluding ortho intramolecular Hbond substituents is 1. The summed E-state index contributed by atoms with van der Waals surface area (Å²) in [4.78, 5) is 12.0. The Morgan fingerprint density at radius 3 is 2.38 bits per heavy atom. The Labute approximate surface area is 199 Å². The molecule has 7 nitrogen and oxygen atoms in total. The largest absolute Gasteiger partial charge is 0.507 e. The van der Waals surface area contributed by atoms with Crippen molar-refractivity contribution in [2.45, 2.75) is 13.2 Å². The minimum Gasteiger partial charge on any atom is -0.507 e. The zero-order valence-electron chi connectivity index (χ0n) is 18.0. The molecule has 0 aliphatic rings. The Kier molecular flexibility index (Phi) is 5.67. The van der Waals surface area contributed by atoms with Gasteiger partial charge >= 0.3 is 6.01 Å². The molecule has 0 aliphatic carbocycles. The van der Waals surface area contributed by atoms with E-state index in [9.17, 15) is 15.3 Å².